The van der Waals surface area contributed by atoms with E-state index in [9.17, 15) is 18.0 Å². The summed E-state index contributed by atoms with van der Waals surface area (Å²) >= 11 is 0. The molecule has 0 aliphatic rings. The predicted octanol–water partition coefficient (Wildman–Crippen LogP) is 3.80. The third-order valence-electron chi connectivity index (χ3n) is 3.48. The Hall–Kier alpha value is -2.35. The molecule has 0 bridgehead atoms. The SMILES string of the molecule is CC(C)N(Cc1cccc(C(F)(F)F)c1)Cc1nc(C(=O)O)co1. The molecule has 1 aromatic carbocycles. The minimum atomic E-state index is -4.39. The number of halogens is 3. The molecule has 2 aromatic rings. The Morgan fingerprint density at radius 1 is 1.33 bits per heavy atom. The van der Waals surface area contributed by atoms with Gasteiger partial charge < -0.3 is 9.52 Å². The highest BCUT2D eigenvalue weighted by atomic mass is 19.4. The smallest absolute Gasteiger partial charge is 0.416 e. The van der Waals surface area contributed by atoms with Crippen LogP contribution >= 0.6 is 0 Å². The van der Waals surface area contributed by atoms with Gasteiger partial charge in [0.1, 0.15) is 6.26 Å². The molecular formula is C16H17F3N2O3. The zero-order valence-corrected chi connectivity index (χ0v) is 13.2. The van der Waals surface area contributed by atoms with Crippen LogP contribution in [0, 0.1) is 0 Å². The lowest BCUT2D eigenvalue weighted by Crippen LogP contribution is -2.30. The van der Waals surface area contributed by atoms with Crippen molar-refractivity contribution in [1.29, 1.82) is 0 Å². The lowest BCUT2D eigenvalue weighted by atomic mass is 10.1. The van der Waals surface area contributed by atoms with Crippen LogP contribution in [-0.2, 0) is 19.3 Å². The van der Waals surface area contributed by atoms with Crippen LogP contribution in [0.3, 0.4) is 0 Å². The number of benzene rings is 1. The van der Waals surface area contributed by atoms with Crippen molar-refractivity contribution in [3.05, 3.63) is 53.2 Å². The lowest BCUT2D eigenvalue weighted by Gasteiger charge is -2.25. The highest BCUT2D eigenvalue weighted by molar-refractivity contribution is 5.84. The first-order chi connectivity index (χ1) is 11.2. The Morgan fingerprint density at radius 3 is 2.58 bits per heavy atom. The molecule has 0 saturated heterocycles. The third-order valence-corrected chi connectivity index (χ3v) is 3.48. The Labute approximate surface area is 136 Å². The summed E-state index contributed by atoms with van der Waals surface area (Å²) in [6, 6.07) is 5.11. The minimum Gasteiger partial charge on any atom is -0.476 e. The summed E-state index contributed by atoms with van der Waals surface area (Å²) in [6.07, 6.45) is -3.35. The van der Waals surface area contributed by atoms with Crippen molar-refractivity contribution < 1.29 is 27.5 Å². The molecule has 0 saturated carbocycles. The summed E-state index contributed by atoms with van der Waals surface area (Å²) in [6.45, 7) is 4.22. The molecule has 130 valence electrons. The maximum absolute atomic E-state index is 12.8. The molecule has 1 aromatic heterocycles. The summed E-state index contributed by atoms with van der Waals surface area (Å²) in [5, 5.41) is 8.84. The molecule has 1 N–H and O–H groups in total. The van der Waals surface area contributed by atoms with Gasteiger partial charge in [-0.05, 0) is 25.5 Å². The second kappa shape index (κ2) is 7.04. The van der Waals surface area contributed by atoms with Gasteiger partial charge in [-0.1, -0.05) is 18.2 Å². The number of rotatable bonds is 6. The maximum Gasteiger partial charge on any atom is 0.416 e. The van der Waals surface area contributed by atoms with E-state index in [-0.39, 0.29) is 30.7 Å². The zero-order valence-electron chi connectivity index (χ0n) is 13.2. The van der Waals surface area contributed by atoms with E-state index in [1.807, 2.05) is 18.7 Å². The van der Waals surface area contributed by atoms with Gasteiger partial charge in [0, 0.05) is 12.6 Å². The average molecular weight is 342 g/mol. The van der Waals surface area contributed by atoms with E-state index in [1.165, 1.54) is 6.07 Å². The Kier molecular flexibility index (Phi) is 5.28. The molecule has 0 fully saturated rings. The topological polar surface area (TPSA) is 66.6 Å². The number of carboxylic acid groups (broad SMARTS) is 1. The van der Waals surface area contributed by atoms with E-state index in [2.05, 4.69) is 4.98 Å². The third kappa shape index (κ3) is 4.58. The number of hydrogen-bond acceptors (Lipinski definition) is 4. The molecule has 2 rings (SSSR count). The molecule has 0 spiro atoms. The number of aromatic nitrogens is 1. The zero-order chi connectivity index (χ0) is 17.9. The maximum atomic E-state index is 12.8. The van der Waals surface area contributed by atoms with Crippen molar-refractivity contribution in [2.75, 3.05) is 0 Å². The van der Waals surface area contributed by atoms with Crippen LogP contribution < -0.4 is 0 Å². The number of carbonyl (C=O) groups is 1. The van der Waals surface area contributed by atoms with Crippen molar-refractivity contribution >= 4 is 5.97 Å². The number of carboxylic acids is 1. The van der Waals surface area contributed by atoms with Crippen LogP contribution in [0.2, 0.25) is 0 Å². The second-order valence-electron chi connectivity index (χ2n) is 5.63. The summed E-state index contributed by atoms with van der Waals surface area (Å²) in [7, 11) is 0. The number of hydrogen-bond donors (Lipinski definition) is 1. The van der Waals surface area contributed by atoms with Gasteiger partial charge in [0.15, 0.2) is 5.69 Å². The highest BCUT2D eigenvalue weighted by Crippen LogP contribution is 2.30. The van der Waals surface area contributed by atoms with Gasteiger partial charge in [-0.3, -0.25) is 4.90 Å². The Morgan fingerprint density at radius 2 is 2.04 bits per heavy atom. The van der Waals surface area contributed by atoms with E-state index in [4.69, 9.17) is 9.52 Å². The number of oxazole rings is 1. The first-order valence-electron chi connectivity index (χ1n) is 7.24. The van der Waals surface area contributed by atoms with Gasteiger partial charge in [-0.25, -0.2) is 9.78 Å². The van der Waals surface area contributed by atoms with Crippen molar-refractivity contribution in [2.45, 2.75) is 39.2 Å². The first kappa shape index (κ1) is 18.0. The predicted molar refractivity (Wildman–Crippen MR) is 79.3 cm³/mol. The van der Waals surface area contributed by atoms with E-state index in [0.717, 1.165) is 18.4 Å². The fourth-order valence-electron chi connectivity index (χ4n) is 2.16. The van der Waals surface area contributed by atoms with Crippen LogP contribution in [0.15, 0.2) is 34.9 Å². The van der Waals surface area contributed by atoms with E-state index >= 15 is 0 Å². The molecule has 0 amide bonds. The number of aromatic carboxylic acids is 1. The molecule has 0 atom stereocenters. The van der Waals surface area contributed by atoms with Crippen LogP contribution in [0.5, 0.6) is 0 Å². The lowest BCUT2D eigenvalue weighted by molar-refractivity contribution is -0.137. The molecule has 0 unspecified atom stereocenters. The van der Waals surface area contributed by atoms with E-state index in [0.29, 0.717) is 5.56 Å². The average Bonchev–Trinajstić information content (AvgIpc) is 2.95. The molecule has 1 heterocycles. The minimum absolute atomic E-state index is 0.000258. The molecule has 8 heteroatoms. The first-order valence-corrected chi connectivity index (χ1v) is 7.24. The number of nitrogens with zero attached hydrogens (tertiary/aromatic N) is 2. The second-order valence-corrected chi connectivity index (χ2v) is 5.63. The Bertz CT molecular complexity index is 711. The van der Waals surface area contributed by atoms with Crippen molar-refractivity contribution in [3.8, 4) is 0 Å². The fraction of sp³-hybridized carbons (Fsp3) is 0.375. The summed E-state index contributed by atoms with van der Waals surface area (Å²) in [5.41, 5.74) is -0.399. The van der Waals surface area contributed by atoms with Crippen LogP contribution in [0.4, 0.5) is 13.2 Å². The van der Waals surface area contributed by atoms with Gasteiger partial charge in [-0.2, -0.15) is 13.2 Å². The summed E-state index contributed by atoms with van der Waals surface area (Å²) < 4.78 is 43.5. The van der Waals surface area contributed by atoms with Gasteiger partial charge in [-0.15, -0.1) is 0 Å². The molecule has 0 aliphatic heterocycles. The normalized spacial score (nSPS) is 12.1. The molecule has 24 heavy (non-hydrogen) atoms. The van der Waals surface area contributed by atoms with E-state index < -0.39 is 17.7 Å². The quantitative estimate of drug-likeness (QED) is 0.865. The Balaban J connectivity index is 2.15. The van der Waals surface area contributed by atoms with Crippen LogP contribution in [0.1, 0.15) is 41.4 Å². The molecule has 0 aliphatic carbocycles. The summed E-state index contributed by atoms with van der Waals surface area (Å²) in [4.78, 5) is 16.5. The fourth-order valence-corrected chi connectivity index (χ4v) is 2.16. The van der Waals surface area contributed by atoms with Gasteiger partial charge in [0.05, 0.1) is 12.1 Å². The van der Waals surface area contributed by atoms with Crippen LogP contribution in [0.25, 0.3) is 0 Å². The van der Waals surface area contributed by atoms with Gasteiger partial charge in [0.2, 0.25) is 5.89 Å². The molecule has 0 radical (unpaired) electrons. The largest absolute Gasteiger partial charge is 0.476 e. The van der Waals surface area contributed by atoms with Crippen molar-refractivity contribution in [2.24, 2.45) is 0 Å². The molecular weight excluding hydrogens is 325 g/mol. The van der Waals surface area contributed by atoms with E-state index in [1.54, 1.807) is 6.07 Å². The number of alkyl halides is 3. The molecule has 5 nitrogen and oxygen atoms in total. The van der Waals surface area contributed by atoms with Crippen molar-refractivity contribution in [3.63, 3.8) is 0 Å². The highest BCUT2D eigenvalue weighted by Gasteiger charge is 2.30. The van der Waals surface area contributed by atoms with Crippen LogP contribution in [-0.4, -0.2) is 27.0 Å². The van der Waals surface area contributed by atoms with Gasteiger partial charge in [0.25, 0.3) is 0 Å². The van der Waals surface area contributed by atoms with Gasteiger partial charge >= 0.3 is 12.1 Å². The summed E-state index contributed by atoms with van der Waals surface area (Å²) in [5.74, 6) is -0.993. The standard InChI is InChI=1S/C16H17F3N2O3/c1-10(2)21(8-14-20-13(9-24-14)15(22)23)7-11-4-3-5-12(6-11)16(17,18)19/h3-6,9-10H,7-8H2,1-2H3,(H,22,23). The monoisotopic (exact) mass is 342 g/mol. The van der Waals surface area contributed by atoms with Crippen molar-refractivity contribution in [1.82, 2.24) is 9.88 Å².